The largest absolute Gasteiger partial charge is 0.335 e. The van der Waals surface area contributed by atoms with E-state index in [0.29, 0.717) is 41.2 Å². The van der Waals surface area contributed by atoms with Gasteiger partial charge in [-0.05, 0) is 53.8 Å². The van der Waals surface area contributed by atoms with Crippen molar-refractivity contribution in [3.8, 4) is 0 Å². The lowest BCUT2D eigenvalue weighted by atomic mass is 10.2. The molecule has 1 aliphatic carbocycles. The van der Waals surface area contributed by atoms with E-state index in [1.165, 1.54) is 17.3 Å². The number of fused-ring (bicyclic) bond motifs is 3. The third-order valence-electron chi connectivity index (χ3n) is 6.03. The van der Waals surface area contributed by atoms with Crippen LogP contribution >= 0.6 is 23.1 Å². The highest BCUT2D eigenvalue weighted by Gasteiger charge is 2.32. The molecule has 7 nitrogen and oxygen atoms in total. The van der Waals surface area contributed by atoms with Gasteiger partial charge in [0.05, 0.1) is 16.7 Å². The lowest BCUT2D eigenvalue weighted by Gasteiger charge is -2.21. The van der Waals surface area contributed by atoms with Gasteiger partial charge in [-0.2, -0.15) is 11.3 Å². The van der Waals surface area contributed by atoms with Gasteiger partial charge in [0.1, 0.15) is 0 Å². The van der Waals surface area contributed by atoms with E-state index in [9.17, 15) is 9.59 Å². The zero-order valence-corrected chi connectivity index (χ0v) is 20.3. The standard InChI is InChI=1S/C24H27N5O2S2/c1-2-3-6-12-27-22(31)19-7-4-5-8-20(19)29-23(27)25-26-24(29)33-16-21(30)28(18-9-10-18)14-17-11-13-32-15-17/h4-5,7-8,11,13,15,18H,2-3,6,9-10,12,14,16H2,1H3. The number of aryl methyl sites for hydroxylation is 1. The van der Waals surface area contributed by atoms with Crippen LogP contribution in [0, 0.1) is 0 Å². The zero-order chi connectivity index (χ0) is 22.8. The fourth-order valence-electron chi connectivity index (χ4n) is 4.14. The Labute approximate surface area is 200 Å². The van der Waals surface area contributed by atoms with Gasteiger partial charge in [-0.1, -0.05) is 43.7 Å². The summed E-state index contributed by atoms with van der Waals surface area (Å²) in [6.45, 7) is 3.41. The van der Waals surface area contributed by atoms with Crippen molar-refractivity contribution in [3.05, 3.63) is 57.0 Å². The second kappa shape index (κ2) is 9.69. The second-order valence-corrected chi connectivity index (χ2v) is 10.2. The van der Waals surface area contributed by atoms with E-state index in [2.05, 4.69) is 28.6 Å². The SMILES string of the molecule is CCCCCn1c(=O)c2ccccc2n2c(SCC(=O)N(Cc3ccsc3)C3CC3)nnc12. The minimum atomic E-state index is -0.0371. The van der Waals surface area contributed by atoms with Crippen LogP contribution in [0.1, 0.15) is 44.6 Å². The molecule has 0 aliphatic heterocycles. The van der Waals surface area contributed by atoms with Gasteiger partial charge in [0, 0.05) is 19.1 Å². The summed E-state index contributed by atoms with van der Waals surface area (Å²) in [5.41, 5.74) is 1.92. The van der Waals surface area contributed by atoms with Crippen molar-refractivity contribution in [2.45, 2.75) is 63.3 Å². The van der Waals surface area contributed by atoms with E-state index in [0.717, 1.165) is 37.6 Å². The number of thiophene rings is 1. The fourth-order valence-corrected chi connectivity index (χ4v) is 5.63. The van der Waals surface area contributed by atoms with Gasteiger partial charge in [0.15, 0.2) is 5.16 Å². The first kappa shape index (κ1) is 22.2. The van der Waals surface area contributed by atoms with Crippen LogP contribution in [0.4, 0.5) is 0 Å². The molecule has 0 bridgehead atoms. The molecular formula is C24H27N5O2S2. The molecular weight excluding hydrogens is 454 g/mol. The highest BCUT2D eigenvalue weighted by Crippen LogP contribution is 2.30. The number of para-hydroxylation sites is 1. The smallest absolute Gasteiger partial charge is 0.262 e. The number of unbranched alkanes of at least 4 members (excludes halogenated alkanes) is 2. The number of aromatic nitrogens is 4. The summed E-state index contributed by atoms with van der Waals surface area (Å²) in [5, 5.41) is 14.2. The van der Waals surface area contributed by atoms with Crippen LogP contribution in [0.3, 0.4) is 0 Å². The zero-order valence-electron chi connectivity index (χ0n) is 18.6. The Morgan fingerprint density at radius 1 is 1.21 bits per heavy atom. The molecule has 1 amide bonds. The number of hydrogen-bond donors (Lipinski definition) is 0. The number of amides is 1. The van der Waals surface area contributed by atoms with Crippen LogP contribution in [0.5, 0.6) is 0 Å². The predicted molar refractivity (Wildman–Crippen MR) is 133 cm³/mol. The Morgan fingerprint density at radius 3 is 2.82 bits per heavy atom. The summed E-state index contributed by atoms with van der Waals surface area (Å²) in [4.78, 5) is 28.3. The van der Waals surface area contributed by atoms with Gasteiger partial charge in [0.2, 0.25) is 11.7 Å². The first-order valence-corrected chi connectivity index (χ1v) is 13.4. The second-order valence-electron chi connectivity index (χ2n) is 8.47. The van der Waals surface area contributed by atoms with Crippen molar-refractivity contribution in [1.29, 1.82) is 0 Å². The molecule has 1 aromatic carbocycles. The molecule has 5 rings (SSSR count). The van der Waals surface area contributed by atoms with Crippen molar-refractivity contribution in [3.63, 3.8) is 0 Å². The number of carbonyl (C=O) groups is 1. The molecule has 0 N–H and O–H groups in total. The molecule has 4 aromatic rings. The van der Waals surface area contributed by atoms with Gasteiger partial charge in [-0.3, -0.25) is 18.6 Å². The summed E-state index contributed by atoms with van der Waals surface area (Å²) in [6.07, 6.45) is 5.19. The summed E-state index contributed by atoms with van der Waals surface area (Å²) in [5.74, 6) is 0.957. The van der Waals surface area contributed by atoms with Crippen LogP contribution in [0.2, 0.25) is 0 Å². The van der Waals surface area contributed by atoms with Crippen molar-refractivity contribution in [2.75, 3.05) is 5.75 Å². The molecule has 3 heterocycles. The van der Waals surface area contributed by atoms with Crippen molar-refractivity contribution in [1.82, 2.24) is 24.1 Å². The lowest BCUT2D eigenvalue weighted by Crippen LogP contribution is -2.33. The number of nitrogens with zero attached hydrogens (tertiary/aromatic N) is 5. The molecule has 1 fully saturated rings. The summed E-state index contributed by atoms with van der Waals surface area (Å²) >= 11 is 3.05. The number of thioether (sulfide) groups is 1. The van der Waals surface area contributed by atoms with Gasteiger partial charge in [0.25, 0.3) is 5.56 Å². The minimum absolute atomic E-state index is 0.0371. The first-order valence-electron chi connectivity index (χ1n) is 11.5. The highest BCUT2D eigenvalue weighted by molar-refractivity contribution is 7.99. The van der Waals surface area contributed by atoms with E-state index >= 15 is 0 Å². The molecule has 0 saturated heterocycles. The number of benzene rings is 1. The molecule has 0 radical (unpaired) electrons. The van der Waals surface area contributed by atoms with E-state index in [1.54, 1.807) is 15.9 Å². The van der Waals surface area contributed by atoms with Crippen LogP contribution < -0.4 is 5.56 Å². The third kappa shape index (κ3) is 4.56. The molecule has 1 aliphatic rings. The summed E-state index contributed by atoms with van der Waals surface area (Å²) < 4.78 is 3.66. The Hall–Kier alpha value is -2.65. The summed E-state index contributed by atoms with van der Waals surface area (Å²) in [7, 11) is 0. The monoisotopic (exact) mass is 481 g/mol. The molecule has 0 atom stereocenters. The average Bonchev–Trinajstić information content (AvgIpc) is 3.37. The van der Waals surface area contributed by atoms with Crippen LogP contribution in [-0.2, 0) is 17.9 Å². The maximum atomic E-state index is 13.1. The Balaban J connectivity index is 1.43. The molecule has 172 valence electrons. The molecule has 3 aromatic heterocycles. The molecule has 33 heavy (non-hydrogen) atoms. The van der Waals surface area contributed by atoms with E-state index < -0.39 is 0 Å². The molecule has 0 unspecified atom stereocenters. The lowest BCUT2D eigenvalue weighted by molar-refractivity contribution is -0.129. The van der Waals surface area contributed by atoms with Crippen molar-refractivity contribution < 1.29 is 4.79 Å². The van der Waals surface area contributed by atoms with Crippen LogP contribution in [0.25, 0.3) is 16.7 Å². The predicted octanol–water partition coefficient (Wildman–Crippen LogP) is 4.58. The van der Waals surface area contributed by atoms with Gasteiger partial charge in [-0.25, -0.2) is 0 Å². The van der Waals surface area contributed by atoms with Gasteiger partial charge in [-0.15, -0.1) is 10.2 Å². The Kier molecular flexibility index (Phi) is 6.50. The number of rotatable bonds is 10. The van der Waals surface area contributed by atoms with Gasteiger partial charge >= 0.3 is 0 Å². The van der Waals surface area contributed by atoms with E-state index in [4.69, 9.17) is 0 Å². The van der Waals surface area contributed by atoms with Crippen LogP contribution in [0.15, 0.2) is 51.0 Å². The molecule has 1 saturated carbocycles. The van der Waals surface area contributed by atoms with Crippen molar-refractivity contribution >= 4 is 45.7 Å². The maximum Gasteiger partial charge on any atom is 0.262 e. The first-order chi connectivity index (χ1) is 16.2. The minimum Gasteiger partial charge on any atom is -0.335 e. The Morgan fingerprint density at radius 2 is 2.06 bits per heavy atom. The number of carbonyl (C=O) groups excluding carboxylic acids is 1. The Bertz CT molecular complexity index is 1320. The van der Waals surface area contributed by atoms with Crippen molar-refractivity contribution in [2.24, 2.45) is 0 Å². The molecule has 0 spiro atoms. The van der Waals surface area contributed by atoms with Crippen LogP contribution in [-0.4, -0.2) is 41.8 Å². The quantitative estimate of drug-likeness (QED) is 0.245. The summed E-state index contributed by atoms with van der Waals surface area (Å²) in [6, 6.07) is 9.99. The van der Waals surface area contributed by atoms with E-state index in [-0.39, 0.29) is 11.5 Å². The van der Waals surface area contributed by atoms with E-state index in [1.807, 2.05) is 38.9 Å². The highest BCUT2D eigenvalue weighted by atomic mass is 32.2. The third-order valence-corrected chi connectivity index (χ3v) is 7.67. The van der Waals surface area contributed by atoms with Gasteiger partial charge < -0.3 is 4.90 Å². The normalized spacial score (nSPS) is 13.7. The number of hydrogen-bond acceptors (Lipinski definition) is 6. The fraction of sp³-hybridized carbons (Fsp3) is 0.417. The molecule has 9 heteroatoms. The average molecular weight is 482 g/mol. The topological polar surface area (TPSA) is 72.5 Å². The maximum absolute atomic E-state index is 13.1.